The number of hydrogen-bond acceptors (Lipinski definition) is 5. The first kappa shape index (κ1) is 15.4. The van der Waals surface area contributed by atoms with Gasteiger partial charge in [0.1, 0.15) is 0 Å². The van der Waals surface area contributed by atoms with Gasteiger partial charge in [0.05, 0.1) is 31.7 Å². The van der Waals surface area contributed by atoms with E-state index in [9.17, 15) is 0 Å². The van der Waals surface area contributed by atoms with E-state index < -0.39 is 0 Å². The molecule has 0 amide bonds. The van der Waals surface area contributed by atoms with E-state index in [1.54, 1.807) is 0 Å². The van der Waals surface area contributed by atoms with E-state index in [2.05, 4.69) is 20.9 Å². The van der Waals surface area contributed by atoms with Crippen LogP contribution in [0.25, 0.3) is 0 Å². The van der Waals surface area contributed by atoms with Gasteiger partial charge in [0.2, 0.25) is 0 Å². The van der Waals surface area contributed by atoms with E-state index in [0.717, 1.165) is 39.5 Å². The summed E-state index contributed by atoms with van der Waals surface area (Å²) in [6.45, 7) is 7.99. The van der Waals surface area contributed by atoms with Crippen molar-refractivity contribution in [3.8, 4) is 0 Å². The fourth-order valence-electron chi connectivity index (χ4n) is 4.23. The molecule has 0 aromatic carbocycles. The van der Waals surface area contributed by atoms with Crippen LogP contribution in [0.4, 0.5) is 5.69 Å². The van der Waals surface area contributed by atoms with Crippen LogP contribution >= 0.6 is 0 Å². The molecular formula is C18H27N3O2. The molecule has 0 aliphatic carbocycles. The monoisotopic (exact) mass is 317 g/mol. The summed E-state index contributed by atoms with van der Waals surface area (Å²) in [5.74, 6) is 0. The van der Waals surface area contributed by atoms with Gasteiger partial charge in [0.25, 0.3) is 0 Å². The predicted molar refractivity (Wildman–Crippen MR) is 89.7 cm³/mol. The van der Waals surface area contributed by atoms with Gasteiger partial charge < -0.3 is 14.4 Å². The van der Waals surface area contributed by atoms with Gasteiger partial charge in [0, 0.05) is 37.4 Å². The Balaban J connectivity index is 1.43. The molecule has 3 fully saturated rings. The zero-order valence-corrected chi connectivity index (χ0v) is 13.8. The lowest BCUT2D eigenvalue weighted by molar-refractivity contribution is 0.00920. The molecule has 1 spiro atoms. The molecule has 5 heteroatoms. The largest absolute Gasteiger partial charge is 0.380 e. The van der Waals surface area contributed by atoms with Gasteiger partial charge >= 0.3 is 0 Å². The summed E-state index contributed by atoms with van der Waals surface area (Å²) in [5.41, 5.74) is 1.52. The van der Waals surface area contributed by atoms with Crippen LogP contribution in [-0.2, 0) is 9.47 Å². The summed E-state index contributed by atoms with van der Waals surface area (Å²) in [7, 11) is 0. The number of likely N-dealkylation sites (tertiary alicyclic amines) is 1. The van der Waals surface area contributed by atoms with E-state index in [-0.39, 0.29) is 0 Å². The number of ether oxygens (including phenoxy) is 2. The van der Waals surface area contributed by atoms with Gasteiger partial charge in [-0.3, -0.25) is 9.88 Å². The molecule has 3 aliphatic heterocycles. The molecule has 3 saturated heterocycles. The van der Waals surface area contributed by atoms with Crippen molar-refractivity contribution in [2.24, 2.45) is 5.41 Å². The fraction of sp³-hybridized carbons (Fsp3) is 0.722. The molecule has 0 bridgehead atoms. The number of pyridine rings is 1. The molecule has 1 aromatic heterocycles. The highest BCUT2D eigenvalue weighted by atomic mass is 16.5. The SMILES string of the molecule is c1cncc(N2CCOCC3(CCN([C@H]4CCOC4)CC3)C2)c1. The molecule has 1 atom stereocenters. The topological polar surface area (TPSA) is 37.8 Å². The van der Waals surface area contributed by atoms with Crippen LogP contribution in [0.3, 0.4) is 0 Å². The maximum atomic E-state index is 5.99. The number of aromatic nitrogens is 1. The Bertz CT molecular complexity index is 496. The minimum atomic E-state index is 0.294. The first-order chi connectivity index (χ1) is 11.3. The predicted octanol–water partition coefficient (Wildman–Crippen LogP) is 1.79. The van der Waals surface area contributed by atoms with Gasteiger partial charge in [0.15, 0.2) is 0 Å². The lowest BCUT2D eigenvalue weighted by Crippen LogP contribution is -2.50. The number of anilines is 1. The average Bonchev–Trinajstić information content (AvgIpc) is 3.06. The summed E-state index contributed by atoms with van der Waals surface area (Å²) >= 11 is 0. The third-order valence-corrected chi connectivity index (χ3v) is 5.73. The molecular weight excluding hydrogens is 290 g/mol. The zero-order valence-electron chi connectivity index (χ0n) is 13.8. The molecule has 4 rings (SSSR count). The molecule has 0 unspecified atom stereocenters. The van der Waals surface area contributed by atoms with E-state index in [0.29, 0.717) is 11.5 Å². The van der Waals surface area contributed by atoms with Crippen molar-refractivity contribution in [1.29, 1.82) is 0 Å². The highest BCUT2D eigenvalue weighted by Gasteiger charge is 2.40. The Hall–Kier alpha value is -1.17. The smallest absolute Gasteiger partial charge is 0.0641 e. The van der Waals surface area contributed by atoms with E-state index >= 15 is 0 Å². The third-order valence-electron chi connectivity index (χ3n) is 5.73. The Kier molecular flexibility index (Phi) is 4.51. The minimum Gasteiger partial charge on any atom is -0.380 e. The Morgan fingerprint density at radius 1 is 1.13 bits per heavy atom. The van der Waals surface area contributed by atoms with Gasteiger partial charge in [-0.1, -0.05) is 0 Å². The summed E-state index contributed by atoms with van der Waals surface area (Å²) in [5, 5.41) is 0. The highest BCUT2D eigenvalue weighted by molar-refractivity contribution is 5.44. The Morgan fingerprint density at radius 3 is 2.78 bits per heavy atom. The van der Waals surface area contributed by atoms with E-state index in [1.807, 2.05) is 18.5 Å². The fourth-order valence-corrected chi connectivity index (χ4v) is 4.23. The summed E-state index contributed by atoms with van der Waals surface area (Å²) in [6, 6.07) is 4.83. The lowest BCUT2D eigenvalue weighted by atomic mass is 9.78. The van der Waals surface area contributed by atoms with Crippen LogP contribution in [0.2, 0.25) is 0 Å². The Labute approximate surface area is 138 Å². The summed E-state index contributed by atoms with van der Waals surface area (Å²) in [4.78, 5) is 9.39. The summed E-state index contributed by atoms with van der Waals surface area (Å²) < 4.78 is 11.6. The van der Waals surface area contributed by atoms with Crippen LogP contribution in [0.1, 0.15) is 19.3 Å². The van der Waals surface area contributed by atoms with E-state index in [4.69, 9.17) is 9.47 Å². The maximum Gasteiger partial charge on any atom is 0.0641 e. The van der Waals surface area contributed by atoms with Crippen LogP contribution < -0.4 is 4.90 Å². The zero-order chi connectivity index (χ0) is 15.5. The van der Waals surface area contributed by atoms with Gasteiger partial charge in [-0.25, -0.2) is 0 Å². The lowest BCUT2D eigenvalue weighted by Gasteiger charge is -2.44. The standard InChI is InChI=1S/C18H27N3O2/c1-2-16(12-19-6-1)21-9-11-23-15-18(14-21)4-7-20(8-5-18)17-3-10-22-13-17/h1-2,6,12,17H,3-5,7-11,13-15H2/t17-/m0/s1. The average molecular weight is 317 g/mol. The molecule has 5 nitrogen and oxygen atoms in total. The number of piperidine rings is 1. The second-order valence-electron chi connectivity index (χ2n) is 7.24. The summed E-state index contributed by atoms with van der Waals surface area (Å²) in [6.07, 6.45) is 7.46. The van der Waals surface area contributed by atoms with Gasteiger partial charge in [-0.05, 0) is 44.5 Å². The van der Waals surface area contributed by atoms with Crippen LogP contribution in [0.15, 0.2) is 24.5 Å². The first-order valence-corrected chi connectivity index (χ1v) is 8.89. The number of nitrogens with zero attached hydrogens (tertiary/aromatic N) is 3. The van der Waals surface area contributed by atoms with Crippen molar-refractivity contribution in [2.75, 3.05) is 57.5 Å². The second kappa shape index (κ2) is 6.75. The van der Waals surface area contributed by atoms with Crippen molar-refractivity contribution in [2.45, 2.75) is 25.3 Å². The molecule has 23 heavy (non-hydrogen) atoms. The van der Waals surface area contributed by atoms with Crippen molar-refractivity contribution in [3.63, 3.8) is 0 Å². The van der Waals surface area contributed by atoms with Crippen molar-refractivity contribution in [3.05, 3.63) is 24.5 Å². The van der Waals surface area contributed by atoms with Crippen LogP contribution in [-0.4, -0.2) is 68.5 Å². The first-order valence-electron chi connectivity index (χ1n) is 8.89. The normalized spacial score (nSPS) is 28.9. The molecule has 4 heterocycles. The molecule has 0 radical (unpaired) electrons. The number of hydrogen-bond donors (Lipinski definition) is 0. The molecule has 3 aliphatic rings. The van der Waals surface area contributed by atoms with Crippen molar-refractivity contribution >= 4 is 5.69 Å². The molecule has 1 aromatic rings. The van der Waals surface area contributed by atoms with E-state index in [1.165, 1.54) is 38.0 Å². The highest BCUT2D eigenvalue weighted by Crippen LogP contribution is 2.36. The van der Waals surface area contributed by atoms with Crippen molar-refractivity contribution < 1.29 is 9.47 Å². The van der Waals surface area contributed by atoms with Crippen molar-refractivity contribution in [1.82, 2.24) is 9.88 Å². The Morgan fingerprint density at radius 2 is 2.04 bits per heavy atom. The quantitative estimate of drug-likeness (QED) is 0.831. The minimum absolute atomic E-state index is 0.294. The molecule has 0 N–H and O–H groups in total. The number of rotatable bonds is 2. The van der Waals surface area contributed by atoms with Crippen LogP contribution in [0, 0.1) is 5.41 Å². The third kappa shape index (κ3) is 3.37. The van der Waals surface area contributed by atoms with Crippen LogP contribution in [0.5, 0.6) is 0 Å². The van der Waals surface area contributed by atoms with Gasteiger partial charge in [-0.2, -0.15) is 0 Å². The molecule has 0 saturated carbocycles. The second-order valence-corrected chi connectivity index (χ2v) is 7.24. The van der Waals surface area contributed by atoms with Gasteiger partial charge in [-0.15, -0.1) is 0 Å². The maximum absolute atomic E-state index is 5.99. The molecule has 126 valence electrons.